The van der Waals surface area contributed by atoms with Crippen LogP contribution in [0.4, 0.5) is 0 Å². The van der Waals surface area contributed by atoms with E-state index < -0.39 is 5.54 Å². The van der Waals surface area contributed by atoms with Crippen LogP contribution in [0.15, 0.2) is 12.2 Å². The molecule has 1 N–H and O–H groups in total. The van der Waals surface area contributed by atoms with Gasteiger partial charge in [0.15, 0.2) is 5.78 Å². The van der Waals surface area contributed by atoms with E-state index >= 15 is 0 Å². The molecule has 0 amide bonds. The molecule has 0 aromatic carbocycles. The quantitative estimate of drug-likeness (QED) is 0.640. The van der Waals surface area contributed by atoms with E-state index in [2.05, 4.69) is 11.9 Å². The fourth-order valence-electron chi connectivity index (χ4n) is 1.11. The maximum absolute atomic E-state index is 11.7. The van der Waals surface area contributed by atoms with E-state index in [0.717, 1.165) is 18.5 Å². The number of nitrogens with one attached hydrogen (secondary N) is 1. The summed E-state index contributed by atoms with van der Waals surface area (Å²) in [5.74, 6) is 0.223. The molecule has 0 fully saturated rings. The van der Waals surface area contributed by atoms with Crippen molar-refractivity contribution in [3.05, 3.63) is 12.2 Å². The molecule has 2 heteroatoms. The Morgan fingerprint density at radius 2 is 1.92 bits per heavy atom. The molecule has 0 aliphatic heterocycles. The van der Waals surface area contributed by atoms with Crippen molar-refractivity contribution in [1.29, 1.82) is 0 Å². The van der Waals surface area contributed by atoms with Crippen LogP contribution in [0.3, 0.4) is 0 Å². The Morgan fingerprint density at radius 3 is 2.31 bits per heavy atom. The lowest BCUT2D eigenvalue weighted by Crippen LogP contribution is -2.46. The number of hydrogen-bond donors (Lipinski definition) is 1. The second kappa shape index (κ2) is 5.18. The van der Waals surface area contributed by atoms with Crippen molar-refractivity contribution >= 4 is 5.78 Å². The Balaban J connectivity index is 4.16. The number of ketones is 1. The summed E-state index contributed by atoms with van der Waals surface area (Å²) >= 11 is 0. The van der Waals surface area contributed by atoms with Gasteiger partial charge in [-0.2, -0.15) is 0 Å². The molecule has 13 heavy (non-hydrogen) atoms. The summed E-state index contributed by atoms with van der Waals surface area (Å²) in [6.07, 6.45) is 1.38. The minimum Gasteiger partial charge on any atom is -0.306 e. The van der Waals surface area contributed by atoms with E-state index in [1.54, 1.807) is 0 Å². The Bertz CT molecular complexity index is 194. The molecule has 0 aliphatic carbocycles. The average Bonchev–Trinajstić information content (AvgIpc) is 2.04. The first-order valence-corrected chi connectivity index (χ1v) is 4.89. The Labute approximate surface area is 81.4 Å². The van der Waals surface area contributed by atoms with Crippen LogP contribution >= 0.6 is 0 Å². The molecule has 0 bridgehead atoms. The largest absolute Gasteiger partial charge is 0.306 e. The number of hydrogen-bond acceptors (Lipinski definition) is 2. The predicted octanol–water partition coefficient (Wildman–Crippen LogP) is 2.30. The minimum atomic E-state index is -0.410. The zero-order chi connectivity index (χ0) is 10.5. The van der Waals surface area contributed by atoms with Crippen molar-refractivity contribution in [1.82, 2.24) is 5.32 Å². The van der Waals surface area contributed by atoms with Crippen LogP contribution in [-0.4, -0.2) is 17.9 Å². The highest BCUT2D eigenvalue weighted by molar-refractivity contribution is 5.89. The van der Waals surface area contributed by atoms with E-state index in [4.69, 9.17) is 0 Å². The summed E-state index contributed by atoms with van der Waals surface area (Å²) in [5, 5.41) is 3.16. The smallest absolute Gasteiger partial charge is 0.156 e. The molecular weight excluding hydrogens is 162 g/mol. The second-order valence-electron chi connectivity index (χ2n) is 3.86. The van der Waals surface area contributed by atoms with Gasteiger partial charge in [0, 0.05) is 6.42 Å². The van der Waals surface area contributed by atoms with Gasteiger partial charge >= 0.3 is 0 Å². The summed E-state index contributed by atoms with van der Waals surface area (Å²) in [6.45, 7) is 12.5. The van der Waals surface area contributed by atoms with Gasteiger partial charge in [0.1, 0.15) is 0 Å². The van der Waals surface area contributed by atoms with Gasteiger partial charge in [-0.3, -0.25) is 4.79 Å². The molecule has 0 atom stereocenters. The standard InChI is InChI=1S/C11H21NO/c1-6-9(3)8-10(13)11(4,5)12-7-2/h12H,3,6-8H2,1-2,4-5H3. The first kappa shape index (κ1) is 12.4. The molecule has 0 rings (SSSR count). The molecule has 76 valence electrons. The van der Waals surface area contributed by atoms with Crippen molar-refractivity contribution in [3.8, 4) is 0 Å². The number of likely N-dealkylation sites (N-methyl/N-ethyl adjacent to an activating group) is 1. The van der Waals surface area contributed by atoms with Gasteiger partial charge in [0.25, 0.3) is 0 Å². The minimum absolute atomic E-state index is 0.223. The molecule has 0 radical (unpaired) electrons. The normalized spacial score (nSPS) is 11.4. The molecular formula is C11H21NO. The average molecular weight is 183 g/mol. The first-order valence-electron chi connectivity index (χ1n) is 4.89. The third-order valence-corrected chi connectivity index (χ3v) is 2.23. The van der Waals surface area contributed by atoms with E-state index in [-0.39, 0.29) is 5.78 Å². The van der Waals surface area contributed by atoms with Crippen LogP contribution < -0.4 is 5.32 Å². The zero-order valence-electron chi connectivity index (χ0n) is 9.24. The Morgan fingerprint density at radius 1 is 1.38 bits per heavy atom. The van der Waals surface area contributed by atoms with E-state index in [9.17, 15) is 4.79 Å². The SMILES string of the molecule is C=C(CC)CC(=O)C(C)(C)NCC. The highest BCUT2D eigenvalue weighted by Gasteiger charge is 2.25. The number of allylic oxidation sites excluding steroid dienone is 1. The maximum atomic E-state index is 11.7. The van der Waals surface area contributed by atoms with E-state index in [1.165, 1.54) is 0 Å². The third kappa shape index (κ3) is 4.23. The van der Waals surface area contributed by atoms with E-state index in [0.29, 0.717) is 6.42 Å². The first-order chi connectivity index (χ1) is 5.94. The fourth-order valence-corrected chi connectivity index (χ4v) is 1.11. The third-order valence-electron chi connectivity index (χ3n) is 2.23. The number of rotatable bonds is 6. The van der Waals surface area contributed by atoms with Crippen LogP contribution in [0.25, 0.3) is 0 Å². The van der Waals surface area contributed by atoms with Gasteiger partial charge in [0.2, 0.25) is 0 Å². The van der Waals surface area contributed by atoms with Crippen LogP contribution in [0.5, 0.6) is 0 Å². The maximum Gasteiger partial charge on any atom is 0.156 e. The van der Waals surface area contributed by atoms with Gasteiger partial charge in [-0.05, 0) is 26.8 Å². The molecule has 0 aliphatic rings. The van der Waals surface area contributed by atoms with Crippen molar-refractivity contribution in [3.63, 3.8) is 0 Å². The van der Waals surface area contributed by atoms with Crippen LogP contribution in [-0.2, 0) is 4.79 Å². The highest BCUT2D eigenvalue weighted by atomic mass is 16.1. The molecule has 0 spiro atoms. The van der Waals surface area contributed by atoms with Crippen molar-refractivity contribution < 1.29 is 4.79 Å². The van der Waals surface area contributed by atoms with Gasteiger partial charge in [-0.25, -0.2) is 0 Å². The molecule has 0 heterocycles. The zero-order valence-corrected chi connectivity index (χ0v) is 9.24. The monoisotopic (exact) mass is 183 g/mol. The van der Waals surface area contributed by atoms with Crippen LogP contribution in [0.1, 0.15) is 40.5 Å². The summed E-state index contributed by atoms with van der Waals surface area (Å²) in [5.41, 5.74) is 0.600. The van der Waals surface area contributed by atoms with Gasteiger partial charge < -0.3 is 5.32 Å². The summed E-state index contributed by atoms with van der Waals surface area (Å²) in [4.78, 5) is 11.7. The lowest BCUT2D eigenvalue weighted by atomic mass is 9.93. The van der Waals surface area contributed by atoms with Crippen molar-refractivity contribution in [2.75, 3.05) is 6.54 Å². The van der Waals surface area contributed by atoms with Gasteiger partial charge in [-0.15, -0.1) is 0 Å². The van der Waals surface area contributed by atoms with Crippen molar-refractivity contribution in [2.45, 2.75) is 46.1 Å². The molecule has 2 nitrogen and oxygen atoms in total. The number of carbonyl (C=O) groups is 1. The van der Waals surface area contributed by atoms with E-state index in [1.807, 2.05) is 27.7 Å². The predicted molar refractivity (Wildman–Crippen MR) is 56.8 cm³/mol. The number of carbonyl (C=O) groups excluding carboxylic acids is 1. The lowest BCUT2D eigenvalue weighted by Gasteiger charge is -2.24. The van der Waals surface area contributed by atoms with Crippen LogP contribution in [0, 0.1) is 0 Å². The number of Topliss-reactive ketones (excluding diaryl/α,β-unsaturated/α-hetero) is 1. The van der Waals surface area contributed by atoms with Gasteiger partial charge in [-0.1, -0.05) is 26.0 Å². The molecule has 0 saturated carbocycles. The molecule has 0 unspecified atom stereocenters. The topological polar surface area (TPSA) is 29.1 Å². The highest BCUT2D eigenvalue weighted by Crippen LogP contribution is 2.12. The summed E-state index contributed by atoms with van der Waals surface area (Å²) in [7, 11) is 0. The lowest BCUT2D eigenvalue weighted by molar-refractivity contribution is -0.123. The molecule has 0 aromatic heterocycles. The molecule has 0 saturated heterocycles. The van der Waals surface area contributed by atoms with Crippen molar-refractivity contribution in [2.24, 2.45) is 0 Å². The van der Waals surface area contributed by atoms with Gasteiger partial charge in [0.05, 0.1) is 5.54 Å². The Hall–Kier alpha value is -0.630. The fraction of sp³-hybridized carbons (Fsp3) is 0.727. The van der Waals surface area contributed by atoms with Crippen LogP contribution in [0.2, 0.25) is 0 Å². The second-order valence-corrected chi connectivity index (χ2v) is 3.86. The summed E-state index contributed by atoms with van der Waals surface area (Å²) < 4.78 is 0. The molecule has 0 aromatic rings. The summed E-state index contributed by atoms with van der Waals surface area (Å²) in [6, 6.07) is 0. The Kier molecular flexibility index (Phi) is 4.92.